The fourth-order valence-electron chi connectivity index (χ4n) is 6.02. The van der Waals surface area contributed by atoms with Gasteiger partial charge in [0.1, 0.15) is 11.9 Å². The van der Waals surface area contributed by atoms with Crippen molar-refractivity contribution < 1.29 is 42.5 Å². The third-order valence-corrected chi connectivity index (χ3v) is 8.85. The van der Waals surface area contributed by atoms with Crippen LogP contribution in [0.4, 0.5) is 18.9 Å². The highest BCUT2D eigenvalue weighted by Gasteiger charge is 2.42. The van der Waals surface area contributed by atoms with Crippen molar-refractivity contribution in [1.29, 1.82) is 0 Å². The van der Waals surface area contributed by atoms with Crippen molar-refractivity contribution in [2.75, 3.05) is 31.5 Å². The number of piperidine rings is 1. The Kier molecular flexibility index (Phi) is 12.3. The van der Waals surface area contributed by atoms with Gasteiger partial charge < -0.3 is 40.8 Å². The summed E-state index contributed by atoms with van der Waals surface area (Å²) in [6.45, 7) is 3.95. The first-order chi connectivity index (χ1) is 24.8. The minimum atomic E-state index is -5.02. The van der Waals surface area contributed by atoms with Gasteiger partial charge >= 0.3 is 12.1 Å². The Hall–Kier alpha value is -5.25. The number of hydrogen-bond donors (Lipinski definition) is 6. The smallest absolute Gasteiger partial charge is 0.490 e. The van der Waals surface area contributed by atoms with Gasteiger partial charge in [-0.25, -0.2) is 4.79 Å². The van der Waals surface area contributed by atoms with Gasteiger partial charge in [0.25, 0.3) is 5.91 Å². The number of aliphatic hydroxyl groups is 1. The van der Waals surface area contributed by atoms with Crippen LogP contribution in [0.3, 0.4) is 0 Å². The fourth-order valence-corrected chi connectivity index (χ4v) is 6.02. The van der Waals surface area contributed by atoms with Crippen LogP contribution < -0.4 is 21.5 Å². The number of anilines is 1. The average Bonchev–Trinajstić information content (AvgIpc) is 3.11. The Bertz CT molecular complexity index is 1980. The molecule has 6 N–H and O–H groups in total. The number of amides is 2. The number of ether oxygens (including phenoxy) is 1. The summed E-state index contributed by atoms with van der Waals surface area (Å²) in [6.07, 6.45) is -6.01. The Labute approximate surface area is 297 Å². The first kappa shape index (κ1) is 38.0. The highest BCUT2D eigenvalue weighted by atomic mass is 19.4. The van der Waals surface area contributed by atoms with Gasteiger partial charge in [0, 0.05) is 68.4 Å². The summed E-state index contributed by atoms with van der Waals surface area (Å²) in [7, 11) is 0. The van der Waals surface area contributed by atoms with Crippen LogP contribution in [0.5, 0.6) is 5.75 Å². The van der Waals surface area contributed by atoms with Gasteiger partial charge in [-0.2, -0.15) is 13.2 Å². The fraction of sp³-hybridized carbons (Fsp3) is 0.351. The number of aromatic hydroxyl groups is 1. The second kappa shape index (κ2) is 16.8. The molecule has 0 aliphatic carbocycles. The summed E-state index contributed by atoms with van der Waals surface area (Å²) >= 11 is 0. The van der Waals surface area contributed by atoms with Crippen LogP contribution in [0, 0.1) is 6.92 Å². The zero-order chi connectivity index (χ0) is 37.4. The highest BCUT2D eigenvalue weighted by Crippen LogP contribution is 2.29. The van der Waals surface area contributed by atoms with E-state index in [4.69, 9.17) is 0 Å². The van der Waals surface area contributed by atoms with Gasteiger partial charge in [-0.1, -0.05) is 30.3 Å². The first-order valence-electron chi connectivity index (χ1n) is 16.8. The molecule has 1 aromatic heterocycles. The molecule has 0 spiro atoms. The number of carbonyl (C=O) groups is 3. The predicted molar refractivity (Wildman–Crippen MR) is 187 cm³/mol. The van der Waals surface area contributed by atoms with Crippen LogP contribution >= 0.6 is 0 Å². The summed E-state index contributed by atoms with van der Waals surface area (Å²) in [6, 6.07) is 18.4. The Morgan fingerprint density at radius 2 is 1.75 bits per heavy atom. The number of aromatic nitrogens is 1. The standard InChI is InChI=1S/C37H40F3N5O7/c1-22-17-24(19-41-21-31(47)27-6-9-30(46)34-28(27)7-10-33(49)44-34)5-8-29(22)43-35(50)25-4-2-3-23(18-25)20-42-32(48)13-16-45-14-11-26(12-15-45)52-36(51)37(38,39)40/h2-10,17-18,26,31,41,46-47H,11-16,19-21H2,1H3,(H,42,48)(H,43,50)(H,44,49)/t31-/m0/s1. The van der Waals surface area contributed by atoms with Crippen LogP contribution in [-0.2, 0) is 27.4 Å². The number of esters is 1. The van der Waals surface area contributed by atoms with Crippen LogP contribution in [0.1, 0.15) is 58.0 Å². The lowest BCUT2D eigenvalue weighted by Crippen LogP contribution is -2.41. The summed E-state index contributed by atoms with van der Waals surface area (Å²) < 4.78 is 41.8. The number of nitrogens with zero attached hydrogens (tertiary/aromatic N) is 1. The van der Waals surface area contributed by atoms with E-state index in [2.05, 4.69) is 25.7 Å². The molecule has 2 amide bonds. The van der Waals surface area contributed by atoms with E-state index in [0.717, 1.165) is 16.7 Å². The lowest BCUT2D eigenvalue weighted by Gasteiger charge is -2.31. The number of alkyl halides is 3. The van der Waals surface area contributed by atoms with Crippen molar-refractivity contribution in [3.05, 3.63) is 105 Å². The number of H-pyrrole nitrogens is 1. The number of aromatic amines is 1. The monoisotopic (exact) mass is 723 g/mol. The molecule has 276 valence electrons. The summed E-state index contributed by atoms with van der Waals surface area (Å²) in [5.41, 5.74) is 3.98. The summed E-state index contributed by atoms with van der Waals surface area (Å²) in [5, 5.41) is 30.4. The van der Waals surface area contributed by atoms with E-state index in [0.29, 0.717) is 48.4 Å². The molecule has 1 atom stereocenters. The molecule has 52 heavy (non-hydrogen) atoms. The van der Waals surface area contributed by atoms with E-state index in [-0.39, 0.29) is 61.0 Å². The Morgan fingerprint density at radius 3 is 2.48 bits per heavy atom. The van der Waals surface area contributed by atoms with Gasteiger partial charge in [0.05, 0.1) is 11.6 Å². The lowest BCUT2D eigenvalue weighted by molar-refractivity contribution is -0.206. The number of hydrogen-bond acceptors (Lipinski definition) is 9. The van der Waals surface area contributed by atoms with Crippen LogP contribution in [0.25, 0.3) is 10.9 Å². The van der Waals surface area contributed by atoms with Gasteiger partial charge in [0.2, 0.25) is 11.5 Å². The SMILES string of the molecule is Cc1cc(CNC[C@H](O)c2ccc(O)c3[nH]c(=O)ccc23)ccc1NC(=O)c1cccc(CNC(=O)CCN2CCC(OC(=O)C(F)(F)F)CC2)c1. The predicted octanol–water partition coefficient (Wildman–Crippen LogP) is 4.19. The molecule has 0 saturated carbocycles. The quantitative estimate of drug-likeness (QED) is 0.111. The number of fused-ring (bicyclic) bond motifs is 1. The number of likely N-dealkylation sites (tertiary alicyclic amines) is 1. The van der Waals surface area contributed by atoms with Gasteiger partial charge in [0.15, 0.2) is 0 Å². The first-order valence-corrected chi connectivity index (χ1v) is 16.8. The molecular weight excluding hydrogens is 683 g/mol. The lowest BCUT2D eigenvalue weighted by atomic mass is 10.0. The number of aryl methyl sites for hydroxylation is 1. The minimum absolute atomic E-state index is 0.0808. The number of halogens is 3. The zero-order valence-corrected chi connectivity index (χ0v) is 28.4. The molecule has 0 bridgehead atoms. The molecular formula is C37H40F3N5O7. The molecule has 0 unspecified atom stereocenters. The van der Waals surface area contributed by atoms with E-state index >= 15 is 0 Å². The molecule has 1 fully saturated rings. The van der Waals surface area contributed by atoms with Gasteiger partial charge in [-0.3, -0.25) is 14.4 Å². The van der Waals surface area contributed by atoms with Gasteiger partial charge in [-0.15, -0.1) is 0 Å². The molecule has 2 heterocycles. The number of nitrogens with one attached hydrogen (secondary N) is 4. The number of carbonyl (C=O) groups excluding carboxylic acids is 3. The highest BCUT2D eigenvalue weighted by molar-refractivity contribution is 6.04. The molecule has 15 heteroatoms. The molecule has 1 aliphatic rings. The number of pyridine rings is 1. The van der Waals surface area contributed by atoms with Crippen molar-refractivity contribution >= 4 is 34.4 Å². The molecule has 3 aromatic carbocycles. The third-order valence-electron chi connectivity index (χ3n) is 8.85. The Balaban J connectivity index is 1.05. The zero-order valence-electron chi connectivity index (χ0n) is 28.4. The largest absolute Gasteiger partial charge is 0.506 e. The number of aliphatic hydroxyl groups excluding tert-OH is 1. The second-order valence-electron chi connectivity index (χ2n) is 12.7. The van der Waals surface area contributed by atoms with E-state index in [1.165, 1.54) is 12.1 Å². The van der Waals surface area contributed by atoms with Crippen molar-refractivity contribution in [3.63, 3.8) is 0 Å². The van der Waals surface area contributed by atoms with E-state index in [1.807, 2.05) is 24.0 Å². The van der Waals surface area contributed by atoms with Crippen molar-refractivity contribution in [2.45, 2.75) is 57.7 Å². The summed E-state index contributed by atoms with van der Waals surface area (Å²) in [4.78, 5) is 52.8. The molecule has 12 nitrogen and oxygen atoms in total. The van der Waals surface area contributed by atoms with Crippen LogP contribution in [-0.4, -0.2) is 76.3 Å². The van der Waals surface area contributed by atoms with Crippen LogP contribution in [0.15, 0.2) is 71.5 Å². The molecule has 0 radical (unpaired) electrons. The normalized spacial score (nSPS) is 14.6. The van der Waals surface area contributed by atoms with Crippen molar-refractivity contribution in [3.8, 4) is 5.75 Å². The third kappa shape index (κ3) is 10.2. The van der Waals surface area contributed by atoms with Crippen molar-refractivity contribution in [2.24, 2.45) is 0 Å². The van der Waals surface area contributed by atoms with E-state index in [1.54, 1.807) is 42.5 Å². The van der Waals surface area contributed by atoms with E-state index < -0.39 is 24.4 Å². The maximum atomic E-state index is 13.1. The number of benzene rings is 3. The average molecular weight is 724 g/mol. The number of rotatable bonds is 13. The number of phenolic OH excluding ortho intramolecular Hbond substituents is 1. The maximum Gasteiger partial charge on any atom is 0.490 e. The maximum absolute atomic E-state index is 13.1. The molecule has 1 saturated heterocycles. The minimum Gasteiger partial charge on any atom is -0.506 e. The Morgan fingerprint density at radius 1 is 1.00 bits per heavy atom. The number of phenols is 1. The summed E-state index contributed by atoms with van der Waals surface area (Å²) in [5.74, 6) is -2.80. The molecule has 4 aromatic rings. The van der Waals surface area contributed by atoms with E-state index in [9.17, 15) is 42.6 Å². The van der Waals surface area contributed by atoms with Crippen LogP contribution in [0.2, 0.25) is 0 Å². The molecule has 1 aliphatic heterocycles. The second-order valence-corrected chi connectivity index (χ2v) is 12.7. The topological polar surface area (TPSA) is 173 Å². The van der Waals surface area contributed by atoms with Crippen molar-refractivity contribution in [1.82, 2.24) is 20.5 Å². The molecule has 5 rings (SSSR count). The van der Waals surface area contributed by atoms with Gasteiger partial charge in [-0.05, 0) is 72.4 Å².